The zero-order chi connectivity index (χ0) is 9.47. The molecule has 0 radical (unpaired) electrons. The molecule has 0 unspecified atom stereocenters. The Bertz CT molecular complexity index is 545. The molecule has 0 aliphatic rings. The number of sulfone groups is 1. The molecule has 0 saturated heterocycles. The van der Waals surface area contributed by atoms with Crippen molar-refractivity contribution in [2.75, 3.05) is 6.26 Å². The third-order valence-electron chi connectivity index (χ3n) is 1.56. The molecule has 0 atom stereocenters. The molecule has 0 bridgehead atoms. The summed E-state index contributed by atoms with van der Waals surface area (Å²) < 4.78 is 22.4. The average molecular weight is 198 g/mol. The third-order valence-corrected chi connectivity index (χ3v) is 2.59. The predicted molar refractivity (Wildman–Crippen MR) is 44.8 cm³/mol. The lowest BCUT2D eigenvalue weighted by Gasteiger charge is -1.96. The van der Waals surface area contributed by atoms with E-state index in [0.29, 0.717) is 11.0 Å². The Hall–Kier alpha value is -1.50. The number of aromatic nitrogens is 4. The summed E-state index contributed by atoms with van der Waals surface area (Å²) in [6.45, 7) is 0. The van der Waals surface area contributed by atoms with Gasteiger partial charge in [-0.25, -0.2) is 18.4 Å². The van der Waals surface area contributed by atoms with Gasteiger partial charge >= 0.3 is 0 Å². The Kier molecular flexibility index (Phi) is 1.56. The molecule has 2 rings (SSSR count). The first-order valence-electron chi connectivity index (χ1n) is 3.43. The van der Waals surface area contributed by atoms with Gasteiger partial charge in [-0.3, -0.25) is 5.10 Å². The molecular formula is C6H6N4O2S. The smallest absolute Gasteiger partial charge is 0.193 e. The molecular weight excluding hydrogens is 192 g/mol. The quantitative estimate of drug-likeness (QED) is 0.638. The van der Waals surface area contributed by atoms with Crippen molar-refractivity contribution < 1.29 is 8.42 Å². The van der Waals surface area contributed by atoms with Crippen molar-refractivity contribution in [2.45, 2.75) is 5.03 Å². The molecule has 0 saturated carbocycles. The van der Waals surface area contributed by atoms with Crippen molar-refractivity contribution in [3.05, 3.63) is 12.5 Å². The maximum Gasteiger partial charge on any atom is 0.193 e. The van der Waals surface area contributed by atoms with Crippen LogP contribution in [0.4, 0.5) is 0 Å². The van der Waals surface area contributed by atoms with Crippen molar-refractivity contribution in [3.8, 4) is 0 Å². The van der Waals surface area contributed by atoms with E-state index < -0.39 is 9.84 Å². The van der Waals surface area contributed by atoms with Crippen LogP contribution in [0, 0.1) is 0 Å². The summed E-state index contributed by atoms with van der Waals surface area (Å²) in [6, 6.07) is 0. The fraction of sp³-hybridized carbons (Fsp3) is 0.167. The SMILES string of the molecule is CS(=O)(=O)c1ncnc2[nH]ncc12. The van der Waals surface area contributed by atoms with Crippen LogP contribution in [0.1, 0.15) is 0 Å². The number of hydrogen-bond acceptors (Lipinski definition) is 5. The third kappa shape index (κ3) is 1.26. The summed E-state index contributed by atoms with van der Waals surface area (Å²) in [7, 11) is -3.31. The summed E-state index contributed by atoms with van der Waals surface area (Å²) in [4.78, 5) is 7.51. The van der Waals surface area contributed by atoms with Gasteiger partial charge < -0.3 is 0 Å². The largest absolute Gasteiger partial charge is 0.261 e. The second-order valence-corrected chi connectivity index (χ2v) is 4.51. The van der Waals surface area contributed by atoms with E-state index in [4.69, 9.17) is 0 Å². The van der Waals surface area contributed by atoms with Gasteiger partial charge in [0.2, 0.25) is 0 Å². The number of nitrogens with zero attached hydrogens (tertiary/aromatic N) is 3. The monoisotopic (exact) mass is 198 g/mol. The lowest BCUT2D eigenvalue weighted by molar-refractivity contribution is 0.599. The van der Waals surface area contributed by atoms with Gasteiger partial charge in [-0.2, -0.15) is 5.10 Å². The van der Waals surface area contributed by atoms with Gasteiger partial charge in [-0.05, 0) is 0 Å². The van der Waals surface area contributed by atoms with Crippen molar-refractivity contribution in [3.63, 3.8) is 0 Å². The highest BCUT2D eigenvalue weighted by Crippen LogP contribution is 2.15. The van der Waals surface area contributed by atoms with Crippen molar-refractivity contribution in [2.24, 2.45) is 0 Å². The summed E-state index contributed by atoms with van der Waals surface area (Å²) >= 11 is 0. The van der Waals surface area contributed by atoms with Gasteiger partial charge in [0.1, 0.15) is 6.33 Å². The van der Waals surface area contributed by atoms with E-state index in [-0.39, 0.29) is 5.03 Å². The van der Waals surface area contributed by atoms with E-state index >= 15 is 0 Å². The Labute approximate surface area is 73.9 Å². The zero-order valence-corrected chi connectivity index (χ0v) is 7.54. The molecule has 0 spiro atoms. The molecule has 0 amide bonds. The number of nitrogens with one attached hydrogen (secondary N) is 1. The molecule has 2 aromatic rings. The Morgan fingerprint density at radius 3 is 2.85 bits per heavy atom. The van der Waals surface area contributed by atoms with Crippen LogP contribution < -0.4 is 0 Å². The minimum atomic E-state index is -3.31. The van der Waals surface area contributed by atoms with Gasteiger partial charge in [0.25, 0.3) is 0 Å². The van der Waals surface area contributed by atoms with Crippen LogP contribution in [-0.4, -0.2) is 34.8 Å². The van der Waals surface area contributed by atoms with E-state index in [1.54, 1.807) is 0 Å². The minimum Gasteiger partial charge on any atom is -0.261 e. The molecule has 6 nitrogen and oxygen atoms in total. The highest BCUT2D eigenvalue weighted by Gasteiger charge is 2.14. The molecule has 0 aliphatic heterocycles. The Balaban J connectivity index is 2.91. The van der Waals surface area contributed by atoms with Crippen LogP contribution in [0.3, 0.4) is 0 Å². The fourth-order valence-electron chi connectivity index (χ4n) is 1.04. The molecule has 13 heavy (non-hydrogen) atoms. The van der Waals surface area contributed by atoms with Crippen LogP contribution >= 0.6 is 0 Å². The Morgan fingerprint density at radius 1 is 1.38 bits per heavy atom. The molecule has 0 fully saturated rings. The highest BCUT2D eigenvalue weighted by molar-refractivity contribution is 7.90. The zero-order valence-electron chi connectivity index (χ0n) is 6.72. The number of hydrogen-bond donors (Lipinski definition) is 1. The van der Waals surface area contributed by atoms with Gasteiger partial charge in [-0.15, -0.1) is 0 Å². The molecule has 1 N–H and O–H groups in total. The van der Waals surface area contributed by atoms with E-state index in [1.807, 2.05) is 0 Å². The van der Waals surface area contributed by atoms with Gasteiger partial charge in [0.15, 0.2) is 20.5 Å². The van der Waals surface area contributed by atoms with Crippen LogP contribution in [0.5, 0.6) is 0 Å². The summed E-state index contributed by atoms with van der Waals surface area (Å²) in [5.41, 5.74) is 0.426. The van der Waals surface area contributed by atoms with Crippen molar-refractivity contribution in [1.82, 2.24) is 20.2 Å². The topological polar surface area (TPSA) is 88.6 Å². The molecule has 0 aromatic carbocycles. The van der Waals surface area contributed by atoms with Crippen molar-refractivity contribution in [1.29, 1.82) is 0 Å². The second-order valence-electron chi connectivity index (χ2n) is 2.58. The van der Waals surface area contributed by atoms with E-state index in [0.717, 1.165) is 6.26 Å². The standard InChI is InChI=1S/C6H6N4O2S/c1-13(11,12)6-4-2-9-10-5(4)7-3-8-6/h2-3H,1H3,(H,7,8,9,10). The van der Waals surface area contributed by atoms with Gasteiger partial charge in [0, 0.05) is 6.26 Å². The van der Waals surface area contributed by atoms with Crippen LogP contribution in [0.25, 0.3) is 11.0 Å². The lowest BCUT2D eigenvalue weighted by Crippen LogP contribution is -2.01. The summed E-state index contributed by atoms with van der Waals surface area (Å²) in [6.07, 6.45) is 3.68. The molecule has 2 heterocycles. The van der Waals surface area contributed by atoms with E-state index in [9.17, 15) is 8.42 Å². The molecule has 2 aromatic heterocycles. The number of fused-ring (bicyclic) bond motifs is 1. The van der Waals surface area contributed by atoms with Crippen LogP contribution in [-0.2, 0) is 9.84 Å². The second kappa shape index (κ2) is 2.49. The first kappa shape index (κ1) is 8.11. The summed E-state index contributed by atoms with van der Waals surface area (Å²) in [5, 5.41) is 6.68. The summed E-state index contributed by atoms with van der Waals surface area (Å²) in [5.74, 6) is 0. The number of H-pyrrole nitrogens is 1. The first-order chi connectivity index (χ1) is 6.09. The average Bonchev–Trinajstić information content (AvgIpc) is 2.48. The maximum absolute atomic E-state index is 11.2. The molecule has 0 aliphatic carbocycles. The predicted octanol–water partition coefficient (Wildman–Crippen LogP) is -0.244. The normalized spacial score (nSPS) is 12.1. The van der Waals surface area contributed by atoms with Gasteiger partial charge in [-0.1, -0.05) is 0 Å². The molecule has 68 valence electrons. The van der Waals surface area contributed by atoms with E-state index in [2.05, 4.69) is 20.2 Å². The highest BCUT2D eigenvalue weighted by atomic mass is 32.2. The maximum atomic E-state index is 11.2. The molecule has 7 heteroatoms. The van der Waals surface area contributed by atoms with Crippen molar-refractivity contribution >= 4 is 20.9 Å². The Morgan fingerprint density at radius 2 is 2.15 bits per heavy atom. The van der Waals surface area contributed by atoms with Crippen LogP contribution in [0.15, 0.2) is 17.6 Å². The lowest BCUT2D eigenvalue weighted by atomic mass is 10.4. The number of aromatic amines is 1. The minimum absolute atomic E-state index is 0.00579. The fourth-order valence-corrected chi connectivity index (χ4v) is 1.83. The first-order valence-corrected chi connectivity index (χ1v) is 5.32. The van der Waals surface area contributed by atoms with Crippen LogP contribution in [0.2, 0.25) is 0 Å². The van der Waals surface area contributed by atoms with Gasteiger partial charge in [0.05, 0.1) is 11.6 Å². The van der Waals surface area contributed by atoms with E-state index in [1.165, 1.54) is 12.5 Å². The number of rotatable bonds is 1.